The van der Waals surface area contributed by atoms with Crippen LogP contribution < -0.4 is 10.1 Å². The Bertz CT molecular complexity index is 354. The van der Waals surface area contributed by atoms with Gasteiger partial charge in [0.25, 0.3) is 0 Å². The van der Waals surface area contributed by atoms with E-state index in [9.17, 15) is 0 Å². The maximum absolute atomic E-state index is 5.28. The molecule has 0 saturated heterocycles. The first-order valence-electron chi connectivity index (χ1n) is 7.09. The average molecular weight is 281 g/mol. The molecule has 1 aromatic rings. The van der Waals surface area contributed by atoms with Gasteiger partial charge in [-0.3, -0.25) is 0 Å². The smallest absolute Gasteiger partial charge is 0.119 e. The van der Waals surface area contributed by atoms with Crippen molar-refractivity contribution in [1.29, 1.82) is 0 Å². The van der Waals surface area contributed by atoms with Crippen molar-refractivity contribution in [2.24, 2.45) is 5.92 Å². The minimum Gasteiger partial charge on any atom is -0.497 e. The SMILES string of the molecule is CCNC(CSCC(C)C)Cc1cccc(OC)c1. The number of hydrogen-bond donors (Lipinski definition) is 1. The van der Waals surface area contributed by atoms with Crippen molar-refractivity contribution in [1.82, 2.24) is 5.32 Å². The molecule has 0 radical (unpaired) electrons. The fourth-order valence-corrected chi connectivity index (χ4v) is 3.14. The molecule has 3 heteroatoms. The third kappa shape index (κ3) is 6.88. The topological polar surface area (TPSA) is 21.3 Å². The molecule has 0 heterocycles. The van der Waals surface area contributed by atoms with Crippen LogP contribution in [0.3, 0.4) is 0 Å². The van der Waals surface area contributed by atoms with Gasteiger partial charge in [0.1, 0.15) is 5.75 Å². The van der Waals surface area contributed by atoms with Gasteiger partial charge in [-0.15, -0.1) is 0 Å². The standard InChI is InChI=1S/C16H27NOS/c1-5-17-15(12-19-11-13(2)3)9-14-7-6-8-16(10-14)18-4/h6-8,10,13,15,17H,5,9,11-12H2,1-4H3. The molecular weight excluding hydrogens is 254 g/mol. The highest BCUT2D eigenvalue weighted by atomic mass is 32.2. The Hall–Kier alpha value is -0.670. The number of thioether (sulfide) groups is 1. The molecule has 0 fully saturated rings. The van der Waals surface area contributed by atoms with E-state index in [1.165, 1.54) is 17.1 Å². The molecule has 0 aliphatic carbocycles. The lowest BCUT2D eigenvalue weighted by atomic mass is 10.1. The summed E-state index contributed by atoms with van der Waals surface area (Å²) in [7, 11) is 1.72. The second-order valence-corrected chi connectivity index (χ2v) is 6.32. The summed E-state index contributed by atoms with van der Waals surface area (Å²) < 4.78 is 5.28. The van der Waals surface area contributed by atoms with E-state index in [4.69, 9.17) is 4.74 Å². The van der Waals surface area contributed by atoms with E-state index >= 15 is 0 Å². The lowest BCUT2D eigenvalue weighted by molar-refractivity contribution is 0.414. The molecule has 0 saturated carbocycles. The number of likely N-dealkylation sites (N-methyl/N-ethyl adjacent to an activating group) is 1. The number of ether oxygens (including phenoxy) is 1. The molecule has 0 amide bonds. The molecule has 1 atom stereocenters. The normalized spacial score (nSPS) is 12.7. The van der Waals surface area contributed by atoms with Crippen LogP contribution in [0.25, 0.3) is 0 Å². The predicted molar refractivity (Wildman–Crippen MR) is 86.3 cm³/mol. The molecule has 1 aromatic carbocycles. The summed E-state index contributed by atoms with van der Waals surface area (Å²) in [5.74, 6) is 4.12. The molecule has 1 rings (SSSR count). The van der Waals surface area contributed by atoms with Crippen LogP contribution in [0.1, 0.15) is 26.3 Å². The van der Waals surface area contributed by atoms with Gasteiger partial charge in [0.05, 0.1) is 7.11 Å². The molecule has 2 nitrogen and oxygen atoms in total. The molecule has 0 aliphatic rings. The van der Waals surface area contributed by atoms with Gasteiger partial charge in [-0.2, -0.15) is 11.8 Å². The fourth-order valence-electron chi connectivity index (χ4n) is 2.01. The van der Waals surface area contributed by atoms with E-state index in [0.29, 0.717) is 6.04 Å². The zero-order chi connectivity index (χ0) is 14.1. The number of nitrogens with one attached hydrogen (secondary N) is 1. The van der Waals surface area contributed by atoms with Crippen molar-refractivity contribution in [3.8, 4) is 5.75 Å². The highest BCUT2D eigenvalue weighted by molar-refractivity contribution is 7.99. The highest BCUT2D eigenvalue weighted by Gasteiger charge is 2.09. The molecule has 0 spiro atoms. The molecule has 0 bridgehead atoms. The van der Waals surface area contributed by atoms with Crippen LogP contribution in [0, 0.1) is 5.92 Å². The molecular formula is C16H27NOS. The lowest BCUT2D eigenvalue weighted by Gasteiger charge is -2.18. The van der Waals surface area contributed by atoms with Crippen LogP contribution >= 0.6 is 11.8 Å². The fraction of sp³-hybridized carbons (Fsp3) is 0.625. The van der Waals surface area contributed by atoms with Crippen LogP contribution in [0.4, 0.5) is 0 Å². The maximum atomic E-state index is 5.28. The Morgan fingerprint density at radius 2 is 2.05 bits per heavy atom. The van der Waals surface area contributed by atoms with Crippen LogP contribution in [-0.4, -0.2) is 31.2 Å². The molecule has 0 aromatic heterocycles. The van der Waals surface area contributed by atoms with Crippen LogP contribution in [0.5, 0.6) is 5.75 Å². The largest absolute Gasteiger partial charge is 0.497 e. The minimum absolute atomic E-state index is 0.542. The van der Waals surface area contributed by atoms with E-state index in [1.807, 2.05) is 17.8 Å². The van der Waals surface area contributed by atoms with Gasteiger partial charge in [-0.1, -0.05) is 32.9 Å². The Morgan fingerprint density at radius 3 is 2.68 bits per heavy atom. The number of hydrogen-bond acceptors (Lipinski definition) is 3. The van der Waals surface area contributed by atoms with Gasteiger partial charge < -0.3 is 10.1 Å². The molecule has 19 heavy (non-hydrogen) atoms. The van der Waals surface area contributed by atoms with E-state index in [-0.39, 0.29) is 0 Å². The van der Waals surface area contributed by atoms with Crippen molar-refractivity contribution in [3.63, 3.8) is 0 Å². The van der Waals surface area contributed by atoms with Crippen molar-refractivity contribution in [3.05, 3.63) is 29.8 Å². The third-order valence-electron chi connectivity index (χ3n) is 2.88. The molecule has 0 aliphatic heterocycles. The molecule has 108 valence electrons. The third-order valence-corrected chi connectivity index (χ3v) is 4.42. The first kappa shape index (κ1) is 16.4. The Balaban J connectivity index is 2.51. The quantitative estimate of drug-likeness (QED) is 0.747. The molecule has 1 unspecified atom stereocenters. The van der Waals surface area contributed by atoms with Crippen molar-refractivity contribution in [2.75, 3.05) is 25.2 Å². The summed E-state index contributed by atoms with van der Waals surface area (Å²) >= 11 is 2.04. The lowest BCUT2D eigenvalue weighted by Crippen LogP contribution is -2.33. The van der Waals surface area contributed by atoms with Gasteiger partial charge in [0, 0.05) is 11.8 Å². The van der Waals surface area contributed by atoms with Gasteiger partial charge >= 0.3 is 0 Å². The first-order valence-corrected chi connectivity index (χ1v) is 8.25. The summed E-state index contributed by atoms with van der Waals surface area (Å²) in [6, 6.07) is 8.93. The Morgan fingerprint density at radius 1 is 1.26 bits per heavy atom. The van der Waals surface area contributed by atoms with E-state index < -0.39 is 0 Å². The van der Waals surface area contributed by atoms with E-state index in [1.54, 1.807) is 7.11 Å². The summed E-state index contributed by atoms with van der Waals surface area (Å²) in [6.07, 6.45) is 1.07. The number of methoxy groups -OCH3 is 1. The van der Waals surface area contributed by atoms with E-state index in [2.05, 4.69) is 44.3 Å². The summed E-state index contributed by atoms with van der Waals surface area (Å²) in [4.78, 5) is 0. The van der Waals surface area contributed by atoms with Gasteiger partial charge in [0.2, 0.25) is 0 Å². The van der Waals surface area contributed by atoms with Gasteiger partial charge in [0.15, 0.2) is 0 Å². The Labute approximate surface area is 122 Å². The zero-order valence-corrected chi connectivity index (χ0v) is 13.4. The summed E-state index contributed by atoms with van der Waals surface area (Å²) in [5, 5.41) is 3.58. The van der Waals surface area contributed by atoms with E-state index in [0.717, 1.165) is 24.6 Å². The highest BCUT2D eigenvalue weighted by Crippen LogP contribution is 2.16. The van der Waals surface area contributed by atoms with Crippen molar-refractivity contribution < 1.29 is 4.74 Å². The number of rotatable bonds is 9. The number of benzene rings is 1. The van der Waals surface area contributed by atoms with Crippen LogP contribution in [0.15, 0.2) is 24.3 Å². The zero-order valence-electron chi connectivity index (χ0n) is 12.6. The second kappa shape index (κ2) is 9.27. The average Bonchev–Trinajstić information content (AvgIpc) is 2.38. The van der Waals surface area contributed by atoms with Crippen LogP contribution in [-0.2, 0) is 6.42 Å². The first-order chi connectivity index (χ1) is 9.15. The van der Waals surface area contributed by atoms with Crippen molar-refractivity contribution >= 4 is 11.8 Å². The summed E-state index contributed by atoms with van der Waals surface area (Å²) in [6.45, 7) is 7.75. The van der Waals surface area contributed by atoms with Crippen LogP contribution in [0.2, 0.25) is 0 Å². The second-order valence-electron chi connectivity index (χ2n) is 5.24. The Kier molecular flexibility index (Phi) is 7.99. The van der Waals surface area contributed by atoms with Crippen molar-refractivity contribution in [2.45, 2.75) is 33.2 Å². The van der Waals surface area contributed by atoms with Gasteiger partial charge in [-0.05, 0) is 42.3 Å². The maximum Gasteiger partial charge on any atom is 0.119 e. The predicted octanol–water partition coefficient (Wildman–Crippen LogP) is 3.61. The monoisotopic (exact) mass is 281 g/mol. The molecule has 1 N–H and O–H groups in total. The van der Waals surface area contributed by atoms with Gasteiger partial charge in [-0.25, -0.2) is 0 Å². The summed E-state index contributed by atoms with van der Waals surface area (Å²) in [5.41, 5.74) is 1.34. The minimum atomic E-state index is 0.542.